The van der Waals surface area contributed by atoms with Gasteiger partial charge < -0.3 is 19.5 Å². The molecule has 0 aromatic carbocycles. The number of rotatable bonds is 3. The van der Waals surface area contributed by atoms with Crippen molar-refractivity contribution in [3.8, 4) is 0 Å². The van der Waals surface area contributed by atoms with Gasteiger partial charge in [0.15, 0.2) is 17.2 Å². The number of nitrogens with zero attached hydrogens (tertiary/aromatic N) is 1. The molecule has 2 saturated carbocycles. The fraction of sp³-hybridized carbons (Fsp3) is 0.909. The summed E-state index contributed by atoms with van der Waals surface area (Å²) < 4.78 is 17.8. The number of nitrogens with one attached hydrogen (secondary N) is 2. The second kappa shape index (κ2) is 8.45. The number of thioether (sulfide) groups is 1. The van der Waals surface area contributed by atoms with Crippen molar-refractivity contribution in [1.29, 1.82) is 0 Å². The van der Waals surface area contributed by atoms with Gasteiger partial charge >= 0.3 is 0 Å². The molecular weight excluding hydrogens is 454 g/mol. The second-order valence-electron chi connectivity index (χ2n) is 10.1. The van der Waals surface area contributed by atoms with Crippen molar-refractivity contribution >= 4 is 34.9 Å². The molecule has 0 bridgehead atoms. The summed E-state index contributed by atoms with van der Waals surface area (Å²) in [5.41, 5.74) is 2.04. The summed E-state index contributed by atoms with van der Waals surface area (Å²) in [5, 5.41) is 5.29. The first-order valence-corrected chi connectivity index (χ1v) is 13.1. The quantitative estimate of drug-likeness (QED) is 0.443. The van der Waals surface area contributed by atoms with E-state index in [4.69, 9.17) is 25.8 Å². The number of hydrogen-bond donors (Lipinski definition) is 2. The maximum Gasteiger partial charge on any atom is 0.188 e. The number of ketones is 2. The van der Waals surface area contributed by atoms with Gasteiger partial charge in [-0.1, -0.05) is 6.92 Å². The van der Waals surface area contributed by atoms with Crippen molar-refractivity contribution in [2.45, 2.75) is 79.5 Å². The van der Waals surface area contributed by atoms with E-state index >= 15 is 0 Å². The molecule has 2 aliphatic carbocycles. The molecule has 5 aliphatic rings. The van der Waals surface area contributed by atoms with E-state index in [0.29, 0.717) is 18.9 Å². The molecule has 12 atom stereocenters. The fourth-order valence-corrected chi connectivity index (χ4v) is 8.69. The number of halogens is 1. The number of carbonyl (C=O) groups is 2. The third-order valence-corrected chi connectivity index (χ3v) is 10.4. The molecule has 2 N–H and O–H groups in total. The first kappa shape index (κ1) is 23.5. The van der Waals surface area contributed by atoms with Crippen LogP contribution in [0.4, 0.5) is 0 Å². The molecule has 0 aromatic heterocycles. The van der Waals surface area contributed by atoms with Crippen LogP contribution < -0.4 is 10.7 Å². The Morgan fingerprint density at radius 3 is 2.44 bits per heavy atom. The van der Waals surface area contributed by atoms with E-state index in [1.165, 1.54) is 0 Å². The number of fused-ring (bicyclic) bond motifs is 2. The molecule has 8 nitrogen and oxygen atoms in total. The minimum atomic E-state index is -1.47. The number of methoxy groups -OCH3 is 2. The van der Waals surface area contributed by atoms with Gasteiger partial charge in [0.1, 0.15) is 0 Å². The zero-order chi connectivity index (χ0) is 22.9. The van der Waals surface area contributed by atoms with E-state index in [0.717, 1.165) is 5.75 Å². The highest BCUT2D eigenvalue weighted by atomic mass is 35.5. The Labute approximate surface area is 198 Å². The van der Waals surface area contributed by atoms with E-state index in [2.05, 4.69) is 22.7 Å². The minimum Gasteiger partial charge on any atom is -0.380 e. The van der Waals surface area contributed by atoms with Crippen molar-refractivity contribution in [3.05, 3.63) is 0 Å². The SMILES string of the molecule is COC1CC(OC)C2C(=O)[C@@]3(OC2C1Cl)C(=O)C1C(C[C@H]3C)NN(C)C1C1NC(C)CS1. The van der Waals surface area contributed by atoms with Gasteiger partial charge in [-0.25, -0.2) is 5.01 Å². The Bertz CT molecular complexity index is 791. The number of hydrogen-bond acceptors (Lipinski definition) is 9. The maximum atomic E-state index is 14.3. The molecule has 3 saturated heterocycles. The van der Waals surface area contributed by atoms with Crippen LogP contribution in [0.25, 0.3) is 0 Å². The van der Waals surface area contributed by atoms with Crippen molar-refractivity contribution in [1.82, 2.24) is 15.8 Å². The normalized spacial score (nSPS) is 53.8. The molecule has 10 unspecified atom stereocenters. The Morgan fingerprint density at radius 2 is 1.81 bits per heavy atom. The molecule has 180 valence electrons. The zero-order valence-electron chi connectivity index (χ0n) is 19.2. The van der Waals surface area contributed by atoms with Gasteiger partial charge in [-0.15, -0.1) is 23.4 Å². The molecule has 10 heteroatoms. The zero-order valence-corrected chi connectivity index (χ0v) is 20.8. The Morgan fingerprint density at radius 1 is 1.12 bits per heavy atom. The third kappa shape index (κ3) is 3.19. The van der Waals surface area contributed by atoms with Crippen molar-refractivity contribution in [3.63, 3.8) is 0 Å². The van der Waals surface area contributed by atoms with Crippen LogP contribution >= 0.6 is 23.4 Å². The monoisotopic (exact) mass is 487 g/mol. The number of hydrazine groups is 1. The molecule has 3 heterocycles. The second-order valence-corrected chi connectivity index (χ2v) is 11.8. The minimum absolute atomic E-state index is 0.00722. The molecule has 0 radical (unpaired) electrons. The average Bonchev–Trinajstić information content (AvgIpc) is 3.42. The summed E-state index contributed by atoms with van der Waals surface area (Å²) in [4.78, 5) is 28.3. The van der Waals surface area contributed by atoms with Crippen LogP contribution in [-0.4, -0.2) is 96.4 Å². The first-order chi connectivity index (χ1) is 15.2. The molecule has 32 heavy (non-hydrogen) atoms. The van der Waals surface area contributed by atoms with Crippen LogP contribution in [0.2, 0.25) is 0 Å². The summed E-state index contributed by atoms with van der Waals surface area (Å²) in [6.07, 6.45) is -0.0680. The standard InChI is InChI=1S/C22H34ClN3O5S/c1-9-6-11-14(17(26(3)25-11)21-24-10(2)8-32-21)19(27)22(9)20(28)15-12(29-4)7-13(30-5)16(23)18(15)31-22/h9-18,21,24-25H,6-8H2,1-5H3/t9-,10?,11?,12?,13?,14?,15?,16?,17?,18?,21?,22+/m1/s1. The van der Waals surface area contributed by atoms with E-state index < -0.39 is 23.0 Å². The lowest BCUT2D eigenvalue weighted by Crippen LogP contribution is -2.63. The Kier molecular flexibility index (Phi) is 6.20. The van der Waals surface area contributed by atoms with Crippen LogP contribution in [0, 0.1) is 17.8 Å². The summed E-state index contributed by atoms with van der Waals surface area (Å²) in [6, 6.07) is 0.330. The first-order valence-electron chi connectivity index (χ1n) is 11.6. The molecule has 0 aromatic rings. The van der Waals surface area contributed by atoms with Crippen molar-refractivity contribution < 1.29 is 23.8 Å². The highest BCUT2D eigenvalue weighted by molar-refractivity contribution is 8.00. The van der Waals surface area contributed by atoms with Gasteiger partial charge in [0, 0.05) is 51.4 Å². The van der Waals surface area contributed by atoms with Crippen molar-refractivity contribution in [2.75, 3.05) is 27.0 Å². The summed E-state index contributed by atoms with van der Waals surface area (Å²) in [7, 11) is 5.20. The van der Waals surface area contributed by atoms with E-state index in [1.54, 1.807) is 14.2 Å². The largest absolute Gasteiger partial charge is 0.380 e. The molecule has 5 fully saturated rings. The Balaban J connectivity index is 1.50. The smallest absolute Gasteiger partial charge is 0.188 e. The Hall–Kier alpha value is -0.260. The van der Waals surface area contributed by atoms with Gasteiger partial charge in [-0.3, -0.25) is 15.0 Å². The van der Waals surface area contributed by atoms with Gasteiger partial charge in [0.25, 0.3) is 0 Å². The van der Waals surface area contributed by atoms with Crippen LogP contribution in [0.5, 0.6) is 0 Å². The maximum absolute atomic E-state index is 14.3. The fourth-order valence-electron chi connectivity index (χ4n) is 6.81. The summed E-state index contributed by atoms with van der Waals surface area (Å²) in [6.45, 7) is 4.12. The van der Waals surface area contributed by atoms with Gasteiger partial charge in [0.2, 0.25) is 0 Å². The predicted octanol–water partition coefficient (Wildman–Crippen LogP) is 0.814. The number of likely N-dealkylation sites (N-methyl/N-ethyl adjacent to an activating group) is 1. The predicted molar refractivity (Wildman–Crippen MR) is 122 cm³/mol. The molecule has 3 aliphatic heterocycles. The van der Waals surface area contributed by atoms with E-state index in [-0.39, 0.29) is 53.1 Å². The average molecular weight is 488 g/mol. The summed E-state index contributed by atoms with van der Waals surface area (Å²) in [5.74, 6) is -0.385. The number of carbonyl (C=O) groups excluding carboxylic acids is 2. The number of ether oxygens (including phenoxy) is 3. The van der Waals surface area contributed by atoms with E-state index in [1.807, 2.05) is 25.7 Å². The van der Waals surface area contributed by atoms with Crippen LogP contribution in [0.1, 0.15) is 26.7 Å². The highest BCUT2D eigenvalue weighted by Crippen LogP contribution is 2.53. The van der Waals surface area contributed by atoms with Gasteiger partial charge in [-0.2, -0.15) is 0 Å². The molecule has 5 rings (SSSR count). The van der Waals surface area contributed by atoms with Gasteiger partial charge in [0.05, 0.1) is 46.9 Å². The number of Topliss-reactive ketones (excluding diaryl/α,β-unsaturated/α-hetero) is 2. The van der Waals surface area contributed by atoms with E-state index in [9.17, 15) is 9.59 Å². The van der Waals surface area contributed by atoms with Crippen LogP contribution in [0.3, 0.4) is 0 Å². The van der Waals surface area contributed by atoms with Crippen molar-refractivity contribution in [2.24, 2.45) is 17.8 Å². The number of alkyl halides is 1. The lowest BCUT2D eigenvalue weighted by atomic mass is 9.63. The lowest BCUT2D eigenvalue weighted by molar-refractivity contribution is -0.169. The lowest BCUT2D eigenvalue weighted by Gasteiger charge is -2.43. The topological polar surface area (TPSA) is 89.1 Å². The van der Waals surface area contributed by atoms with Crippen LogP contribution in [0.15, 0.2) is 0 Å². The van der Waals surface area contributed by atoms with Crippen LogP contribution in [-0.2, 0) is 23.8 Å². The molecule has 1 spiro atoms. The van der Waals surface area contributed by atoms with Gasteiger partial charge in [-0.05, 0) is 13.3 Å². The third-order valence-electron chi connectivity index (χ3n) is 8.36. The molecule has 0 amide bonds. The summed E-state index contributed by atoms with van der Waals surface area (Å²) >= 11 is 8.59. The highest BCUT2D eigenvalue weighted by Gasteiger charge is 2.71. The molecular formula is C22H34ClN3O5S.